The van der Waals surface area contributed by atoms with Crippen LogP contribution in [0.5, 0.6) is 11.5 Å². The molecular formula is C23H26N2O4. The second-order valence-electron chi connectivity index (χ2n) is 7.76. The second kappa shape index (κ2) is 7.78. The smallest absolute Gasteiger partial charge is 0.232 e. The van der Waals surface area contributed by atoms with Crippen molar-refractivity contribution in [2.45, 2.75) is 37.3 Å². The third-order valence-corrected chi connectivity index (χ3v) is 6.15. The Labute approximate surface area is 170 Å². The predicted octanol–water partition coefficient (Wildman–Crippen LogP) is 2.65. The number of ether oxygens (including phenoxy) is 2. The van der Waals surface area contributed by atoms with Crippen molar-refractivity contribution in [2.24, 2.45) is 0 Å². The van der Waals surface area contributed by atoms with E-state index in [2.05, 4.69) is 5.32 Å². The molecule has 2 fully saturated rings. The van der Waals surface area contributed by atoms with E-state index in [0.717, 1.165) is 23.3 Å². The summed E-state index contributed by atoms with van der Waals surface area (Å²) in [5.41, 5.74) is 1.13. The second-order valence-corrected chi connectivity index (χ2v) is 7.76. The molecule has 29 heavy (non-hydrogen) atoms. The standard InChI is InChI=1S/C23H26N2O4/c1-28-19-9-6-16(7-10-19)14-24-22(27)23(17-4-3-5-20(12-17)29-2)13-18-8-11-21(26)25(18)15-23/h3-7,9-10,12,18H,8,11,13-15H2,1-2H3,(H,24,27)/t18-,23-/m0/s1. The number of rotatable bonds is 6. The third-order valence-electron chi connectivity index (χ3n) is 6.15. The summed E-state index contributed by atoms with van der Waals surface area (Å²) in [7, 11) is 3.24. The maximum atomic E-state index is 13.5. The molecule has 2 aliphatic heterocycles. The number of fused-ring (bicyclic) bond motifs is 1. The van der Waals surface area contributed by atoms with Crippen molar-refractivity contribution in [2.75, 3.05) is 20.8 Å². The summed E-state index contributed by atoms with van der Waals surface area (Å²) >= 11 is 0. The molecule has 2 aromatic rings. The van der Waals surface area contributed by atoms with Crippen molar-refractivity contribution in [3.8, 4) is 11.5 Å². The van der Waals surface area contributed by atoms with Crippen molar-refractivity contribution >= 4 is 11.8 Å². The lowest BCUT2D eigenvalue weighted by Crippen LogP contribution is -2.46. The van der Waals surface area contributed by atoms with Crippen LogP contribution >= 0.6 is 0 Å². The molecule has 6 nitrogen and oxygen atoms in total. The SMILES string of the molecule is COc1ccc(CNC(=O)[C@@]2(c3cccc(OC)c3)C[C@@H]3CCC(=O)N3C2)cc1. The van der Waals surface area contributed by atoms with E-state index in [0.29, 0.717) is 31.7 Å². The summed E-state index contributed by atoms with van der Waals surface area (Å²) in [4.78, 5) is 27.7. The van der Waals surface area contributed by atoms with Crippen molar-refractivity contribution in [1.29, 1.82) is 0 Å². The monoisotopic (exact) mass is 394 g/mol. The van der Waals surface area contributed by atoms with E-state index in [1.54, 1.807) is 14.2 Å². The number of carbonyl (C=O) groups is 2. The Hall–Kier alpha value is -3.02. The summed E-state index contributed by atoms with van der Waals surface area (Å²) in [6.07, 6.45) is 2.03. The van der Waals surface area contributed by atoms with Gasteiger partial charge in [0, 0.05) is 25.6 Å². The highest BCUT2D eigenvalue weighted by Crippen LogP contribution is 2.43. The van der Waals surface area contributed by atoms with Crippen LogP contribution in [0.4, 0.5) is 0 Å². The zero-order valence-corrected chi connectivity index (χ0v) is 16.8. The van der Waals surface area contributed by atoms with Gasteiger partial charge >= 0.3 is 0 Å². The Balaban J connectivity index is 1.59. The average Bonchev–Trinajstić information content (AvgIpc) is 3.32. The molecule has 2 aromatic carbocycles. The maximum Gasteiger partial charge on any atom is 0.232 e. The number of hydrogen-bond donors (Lipinski definition) is 1. The first kappa shape index (κ1) is 19.3. The summed E-state index contributed by atoms with van der Waals surface area (Å²) in [5, 5.41) is 3.10. The van der Waals surface area contributed by atoms with Crippen LogP contribution < -0.4 is 14.8 Å². The van der Waals surface area contributed by atoms with Gasteiger partial charge in [0.2, 0.25) is 11.8 Å². The Morgan fingerprint density at radius 3 is 2.59 bits per heavy atom. The van der Waals surface area contributed by atoms with E-state index in [-0.39, 0.29) is 17.9 Å². The molecule has 2 heterocycles. The fourth-order valence-electron chi connectivity index (χ4n) is 4.50. The lowest BCUT2D eigenvalue weighted by Gasteiger charge is -2.29. The lowest BCUT2D eigenvalue weighted by atomic mass is 9.76. The third kappa shape index (κ3) is 3.55. The molecule has 152 valence electrons. The Morgan fingerprint density at radius 1 is 1.14 bits per heavy atom. The number of carbonyl (C=O) groups excluding carboxylic acids is 2. The first-order valence-electron chi connectivity index (χ1n) is 9.91. The maximum absolute atomic E-state index is 13.5. The van der Waals surface area contributed by atoms with Gasteiger partial charge in [-0.25, -0.2) is 0 Å². The molecule has 6 heteroatoms. The lowest BCUT2D eigenvalue weighted by molar-refractivity contribution is -0.129. The van der Waals surface area contributed by atoms with Crippen LogP contribution in [0.3, 0.4) is 0 Å². The molecule has 0 spiro atoms. The van der Waals surface area contributed by atoms with Crippen LogP contribution in [-0.2, 0) is 21.5 Å². The summed E-state index contributed by atoms with van der Waals surface area (Å²) in [6, 6.07) is 15.4. The molecule has 0 radical (unpaired) electrons. The number of nitrogens with one attached hydrogen (secondary N) is 1. The highest BCUT2D eigenvalue weighted by molar-refractivity contribution is 5.91. The van der Waals surface area contributed by atoms with Crippen molar-refractivity contribution in [3.05, 3.63) is 59.7 Å². The van der Waals surface area contributed by atoms with E-state index in [1.807, 2.05) is 53.4 Å². The predicted molar refractivity (Wildman–Crippen MR) is 109 cm³/mol. The Bertz CT molecular complexity index is 911. The molecule has 2 saturated heterocycles. The van der Waals surface area contributed by atoms with Gasteiger partial charge in [0.05, 0.1) is 19.6 Å². The zero-order valence-electron chi connectivity index (χ0n) is 16.8. The van der Waals surface area contributed by atoms with Crippen molar-refractivity contribution in [1.82, 2.24) is 10.2 Å². The van der Waals surface area contributed by atoms with Gasteiger partial charge in [-0.05, 0) is 48.2 Å². The van der Waals surface area contributed by atoms with Gasteiger partial charge in [-0.1, -0.05) is 24.3 Å². The van der Waals surface area contributed by atoms with E-state index in [1.165, 1.54) is 0 Å². The molecule has 0 aliphatic carbocycles. The van der Waals surface area contributed by atoms with E-state index >= 15 is 0 Å². The minimum absolute atomic E-state index is 0.0521. The van der Waals surface area contributed by atoms with Gasteiger partial charge in [-0.2, -0.15) is 0 Å². The van der Waals surface area contributed by atoms with Gasteiger partial charge in [0.15, 0.2) is 0 Å². The van der Waals surface area contributed by atoms with Crippen molar-refractivity contribution < 1.29 is 19.1 Å². The largest absolute Gasteiger partial charge is 0.497 e. The summed E-state index contributed by atoms with van der Waals surface area (Å²) in [5.74, 6) is 1.58. The fraction of sp³-hybridized carbons (Fsp3) is 0.391. The number of hydrogen-bond acceptors (Lipinski definition) is 4. The quantitative estimate of drug-likeness (QED) is 0.818. The van der Waals surface area contributed by atoms with Crippen LogP contribution in [0.1, 0.15) is 30.4 Å². The number of methoxy groups -OCH3 is 2. The Morgan fingerprint density at radius 2 is 1.90 bits per heavy atom. The normalized spacial score (nSPS) is 23.0. The van der Waals surface area contributed by atoms with Gasteiger partial charge in [-0.15, -0.1) is 0 Å². The minimum Gasteiger partial charge on any atom is -0.497 e. The highest BCUT2D eigenvalue weighted by atomic mass is 16.5. The van der Waals surface area contributed by atoms with Crippen LogP contribution in [0.2, 0.25) is 0 Å². The van der Waals surface area contributed by atoms with Crippen LogP contribution in [0.15, 0.2) is 48.5 Å². The molecule has 1 N–H and O–H groups in total. The average molecular weight is 394 g/mol. The van der Waals surface area contributed by atoms with Gasteiger partial charge < -0.3 is 19.7 Å². The Kier molecular flexibility index (Phi) is 5.18. The molecule has 0 unspecified atom stereocenters. The molecule has 2 amide bonds. The van der Waals surface area contributed by atoms with Gasteiger partial charge in [0.25, 0.3) is 0 Å². The topological polar surface area (TPSA) is 67.9 Å². The first-order chi connectivity index (χ1) is 14.1. The van der Waals surface area contributed by atoms with Crippen molar-refractivity contribution in [3.63, 3.8) is 0 Å². The minimum atomic E-state index is -0.762. The summed E-state index contributed by atoms with van der Waals surface area (Å²) in [6.45, 7) is 0.839. The highest BCUT2D eigenvalue weighted by Gasteiger charge is 2.53. The molecular weight excluding hydrogens is 368 g/mol. The first-order valence-corrected chi connectivity index (χ1v) is 9.91. The summed E-state index contributed by atoms with van der Waals surface area (Å²) < 4.78 is 10.6. The van der Waals surface area contributed by atoms with Gasteiger partial charge in [0.1, 0.15) is 11.5 Å². The molecule has 0 aromatic heterocycles. The van der Waals surface area contributed by atoms with E-state index in [4.69, 9.17) is 9.47 Å². The zero-order chi connectivity index (χ0) is 20.4. The molecule has 2 atom stereocenters. The number of amides is 2. The molecule has 0 saturated carbocycles. The molecule has 4 rings (SSSR count). The van der Waals surface area contributed by atoms with Crippen LogP contribution in [-0.4, -0.2) is 43.5 Å². The number of nitrogens with zero attached hydrogens (tertiary/aromatic N) is 1. The number of benzene rings is 2. The van der Waals surface area contributed by atoms with E-state index in [9.17, 15) is 9.59 Å². The fourth-order valence-corrected chi connectivity index (χ4v) is 4.50. The van der Waals surface area contributed by atoms with Crippen LogP contribution in [0.25, 0.3) is 0 Å². The van der Waals surface area contributed by atoms with E-state index < -0.39 is 5.41 Å². The van der Waals surface area contributed by atoms with Gasteiger partial charge in [-0.3, -0.25) is 9.59 Å². The molecule has 2 aliphatic rings. The van der Waals surface area contributed by atoms with Crippen LogP contribution in [0, 0.1) is 0 Å². The molecule has 0 bridgehead atoms.